The molecule has 0 unspecified atom stereocenters. The van der Waals surface area contributed by atoms with Crippen LogP contribution >= 0.6 is 0 Å². The standard InChI is InChI=1S/C22H34N6O2/c1-14-18(8-23-24-14)11-27-9-16-6-19(28-12-21(25-26-28)22(2,3)29)20(7-17(16)10-27)30-13-15-4-5-15/h8,12,15-17,19-20,29H,4-7,9-11,13H2,1-3H3,(H,23,24)/t16-,17+,19-,20-/m1/s1. The largest absolute Gasteiger partial charge is 0.384 e. The van der Waals surface area contributed by atoms with Crippen LogP contribution < -0.4 is 0 Å². The van der Waals surface area contributed by atoms with Crippen LogP contribution in [-0.2, 0) is 16.9 Å². The summed E-state index contributed by atoms with van der Waals surface area (Å²) in [4.78, 5) is 2.57. The highest BCUT2D eigenvalue weighted by Crippen LogP contribution is 2.43. The minimum atomic E-state index is -0.980. The second-order valence-corrected chi connectivity index (χ2v) is 10.2. The second kappa shape index (κ2) is 7.73. The number of aromatic amines is 1. The lowest BCUT2D eigenvalue weighted by Crippen LogP contribution is -2.38. The van der Waals surface area contributed by atoms with Crippen molar-refractivity contribution >= 4 is 0 Å². The van der Waals surface area contributed by atoms with Gasteiger partial charge in [-0.2, -0.15) is 5.10 Å². The summed E-state index contributed by atoms with van der Waals surface area (Å²) in [5.74, 6) is 2.04. The highest BCUT2D eigenvalue weighted by atomic mass is 16.5. The lowest BCUT2D eigenvalue weighted by molar-refractivity contribution is -0.0376. The second-order valence-electron chi connectivity index (χ2n) is 10.2. The van der Waals surface area contributed by atoms with Crippen LogP contribution in [0.5, 0.6) is 0 Å². The van der Waals surface area contributed by atoms with Crippen molar-refractivity contribution in [2.45, 2.75) is 70.7 Å². The van der Waals surface area contributed by atoms with Crippen molar-refractivity contribution in [3.05, 3.63) is 29.3 Å². The quantitative estimate of drug-likeness (QED) is 0.723. The third-order valence-corrected chi connectivity index (χ3v) is 7.21. The van der Waals surface area contributed by atoms with Crippen LogP contribution in [-0.4, -0.2) is 61.0 Å². The summed E-state index contributed by atoms with van der Waals surface area (Å²) < 4.78 is 8.41. The summed E-state index contributed by atoms with van der Waals surface area (Å²) >= 11 is 0. The van der Waals surface area contributed by atoms with Crippen molar-refractivity contribution < 1.29 is 9.84 Å². The highest BCUT2D eigenvalue weighted by Gasteiger charge is 2.44. The third-order valence-electron chi connectivity index (χ3n) is 7.21. The number of rotatable bonds is 7. The van der Waals surface area contributed by atoms with E-state index in [1.807, 2.05) is 17.1 Å². The highest BCUT2D eigenvalue weighted by molar-refractivity contribution is 5.14. The Morgan fingerprint density at radius 2 is 2.00 bits per heavy atom. The Bertz CT molecular complexity index is 867. The maximum atomic E-state index is 10.3. The van der Waals surface area contributed by atoms with Crippen molar-refractivity contribution in [1.29, 1.82) is 0 Å². The predicted octanol–water partition coefficient (Wildman–Crippen LogP) is 2.42. The molecule has 0 amide bonds. The minimum Gasteiger partial charge on any atom is -0.384 e. The first kappa shape index (κ1) is 20.2. The van der Waals surface area contributed by atoms with Gasteiger partial charge in [-0.1, -0.05) is 5.21 Å². The van der Waals surface area contributed by atoms with Gasteiger partial charge < -0.3 is 9.84 Å². The maximum absolute atomic E-state index is 10.3. The summed E-state index contributed by atoms with van der Waals surface area (Å²) in [5, 5.41) is 26.2. The summed E-state index contributed by atoms with van der Waals surface area (Å²) in [5.41, 5.74) is 2.09. The Morgan fingerprint density at radius 1 is 1.23 bits per heavy atom. The van der Waals surface area contributed by atoms with E-state index in [-0.39, 0.29) is 12.1 Å². The summed E-state index contributed by atoms with van der Waals surface area (Å²) in [7, 11) is 0. The molecule has 30 heavy (non-hydrogen) atoms. The number of nitrogens with zero attached hydrogens (tertiary/aromatic N) is 5. The van der Waals surface area contributed by atoms with Gasteiger partial charge in [0.1, 0.15) is 11.3 Å². The molecule has 2 aliphatic carbocycles. The van der Waals surface area contributed by atoms with Crippen LogP contribution in [0.2, 0.25) is 0 Å². The fraction of sp³-hybridized carbons (Fsp3) is 0.773. The number of aliphatic hydroxyl groups is 1. The zero-order valence-corrected chi connectivity index (χ0v) is 18.3. The SMILES string of the molecule is Cc1[nH]ncc1CN1C[C@H]2C[C@@H](n3cc(C(C)(C)O)nn3)[C@H](OCC3CC3)C[C@H]2C1. The van der Waals surface area contributed by atoms with E-state index in [1.165, 1.54) is 18.4 Å². The Morgan fingerprint density at radius 3 is 2.63 bits per heavy atom. The lowest BCUT2D eigenvalue weighted by Gasteiger charge is -2.37. The molecule has 1 saturated heterocycles. The minimum absolute atomic E-state index is 0.166. The average Bonchev–Trinajstić information content (AvgIpc) is 3.06. The van der Waals surface area contributed by atoms with Crippen molar-refractivity contribution in [1.82, 2.24) is 30.1 Å². The number of H-pyrrole nitrogens is 1. The van der Waals surface area contributed by atoms with Crippen LogP contribution in [0.4, 0.5) is 0 Å². The molecule has 1 aliphatic heterocycles. The van der Waals surface area contributed by atoms with Crippen LogP contribution in [0.25, 0.3) is 0 Å². The van der Waals surface area contributed by atoms with Gasteiger partial charge in [-0.15, -0.1) is 5.10 Å². The zero-order valence-electron chi connectivity index (χ0n) is 18.3. The number of aryl methyl sites for hydroxylation is 1. The molecule has 8 heteroatoms. The molecule has 3 heterocycles. The molecule has 2 aromatic rings. The molecule has 3 aliphatic rings. The van der Waals surface area contributed by atoms with Gasteiger partial charge in [0.15, 0.2) is 0 Å². The molecule has 0 spiro atoms. The van der Waals surface area contributed by atoms with Crippen molar-refractivity contribution in [3.63, 3.8) is 0 Å². The lowest BCUT2D eigenvalue weighted by atomic mass is 9.77. The van der Waals surface area contributed by atoms with Crippen molar-refractivity contribution in [2.75, 3.05) is 19.7 Å². The van der Waals surface area contributed by atoms with Gasteiger partial charge in [0, 0.05) is 37.5 Å². The predicted molar refractivity (Wildman–Crippen MR) is 112 cm³/mol. The fourth-order valence-corrected chi connectivity index (χ4v) is 5.11. The molecule has 5 rings (SSSR count). The van der Waals surface area contributed by atoms with E-state index in [4.69, 9.17) is 4.74 Å². The van der Waals surface area contributed by atoms with Gasteiger partial charge in [0.05, 0.1) is 24.5 Å². The van der Waals surface area contributed by atoms with Crippen molar-refractivity contribution in [2.24, 2.45) is 17.8 Å². The van der Waals surface area contributed by atoms with Crippen LogP contribution in [0.1, 0.15) is 62.5 Å². The molecule has 164 valence electrons. The summed E-state index contributed by atoms with van der Waals surface area (Å²) in [6, 6.07) is 0.184. The topological polar surface area (TPSA) is 92.1 Å². The molecule has 3 fully saturated rings. The van der Waals surface area contributed by atoms with Gasteiger partial charge in [-0.05, 0) is 64.2 Å². The molecular formula is C22H34N6O2. The molecule has 2 aromatic heterocycles. The first-order valence-electron chi connectivity index (χ1n) is 11.3. The van der Waals surface area contributed by atoms with Gasteiger partial charge in [-0.25, -0.2) is 4.68 Å². The molecule has 0 radical (unpaired) electrons. The first-order valence-corrected chi connectivity index (χ1v) is 11.3. The number of ether oxygens (including phenoxy) is 1. The van der Waals surface area contributed by atoms with E-state index in [9.17, 15) is 5.11 Å². The first-order chi connectivity index (χ1) is 14.4. The molecule has 2 saturated carbocycles. The smallest absolute Gasteiger partial charge is 0.114 e. The molecule has 4 atom stereocenters. The molecule has 0 bridgehead atoms. The number of nitrogens with one attached hydrogen (secondary N) is 1. The molecule has 0 aromatic carbocycles. The normalized spacial score (nSPS) is 30.0. The Labute approximate surface area is 178 Å². The van der Waals surface area contributed by atoms with Crippen LogP contribution in [0, 0.1) is 24.7 Å². The van der Waals surface area contributed by atoms with E-state index < -0.39 is 5.60 Å². The van der Waals surface area contributed by atoms with Gasteiger partial charge >= 0.3 is 0 Å². The maximum Gasteiger partial charge on any atom is 0.114 e. The number of hydrogen-bond acceptors (Lipinski definition) is 6. The Balaban J connectivity index is 1.31. The van der Waals surface area contributed by atoms with Crippen LogP contribution in [0.15, 0.2) is 12.4 Å². The number of likely N-dealkylation sites (tertiary alicyclic amines) is 1. The molecule has 8 nitrogen and oxygen atoms in total. The molecular weight excluding hydrogens is 380 g/mol. The van der Waals surface area contributed by atoms with E-state index in [1.54, 1.807) is 13.8 Å². The summed E-state index contributed by atoms with van der Waals surface area (Å²) in [6.45, 7) is 9.65. The number of hydrogen-bond donors (Lipinski definition) is 2. The zero-order chi connectivity index (χ0) is 20.9. The number of fused-ring (bicyclic) bond motifs is 1. The van der Waals surface area contributed by atoms with Gasteiger partial charge in [-0.3, -0.25) is 10.00 Å². The Hall–Kier alpha value is -1.77. The molecule has 2 N–H and O–H groups in total. The monoisotopic (exact) mass is 414 g/mol. The fourth-order valence-electron chi connectivity index (χ4n) is 5.11. The van der Waals surface area contributed by atoms with Gasteiger partial charge in [0.2, 0.25) is 0 Å². The van der Waals surface area contributed by atoms with Crippen molar-refractivity contribution in [3.8, 4) is 0 Å². The van der Waals surface area contributed by atoms with Gasteiger partial charge in [0.25, 0.3) is 0 Å². The van der Waals surface area contributed by atoms with E-state index >= 15 is 0 Å². The summed E-state index contributed by atoms with van der Waals surface area (Å²) in [6.07, 6.45) is 8.76. The third kappa shape index (κ3) is 4.18. The number of aromatic nitrogens is 5. The van der Waals surface area contributed by atoms with E-state index in [0.717, 1.165) is 50.7 Å². The van der Waals surface area contributed by atoms with E-state index in [2.05, 4.69) is 32.3 Å². The van der Waals surface area contributed by atoms with E-state index in [0.29, 0.717) is 17.5 Å². The Kier molecular flexibility index (Phi) is 5.19. The van der Waals surface area contributed by atoms with Crippen LogP contribution in [0.3, 0.4) is 0 Å². The average molecular weight is 415 g/mol.